The highest BCUT2D eigenvalue weighted by Crippen LogP contribution is 2.27. The van der Waals surface area contributed by atoms with Gasteiger partial charge in [0.25, 0.3) is 0 Å². The lowest BCUT2D eigenvalue weighted by Crippen LogP contribution is -2.11. The smallest absolute Gasteiger partial charge is 0.212 e. The van der Waals surface area contributed by atoms with Crippen molar-refractivity contribution in [2.45, 2.75) is 45.1 Å². The van der Waals surface area contributed by atoms with Crippen molar-refractivity contribution in [1.29, 1.82) is 0 Å². The number of hydrogen-bond donors (Lipinski definition) is 1. The summed E-state index contributed by atoms with van der Waals surface area (Å²) in [6, 6.07) is 5.99. The zero-order valence-corrected chi connectivity index (χ0v) is 12.8. The molecule has 2 rings (SSSR count). The molecule has 0 saturated heterocycles. The van der Waals surface area contributed by atoms with E-state index >= 15 is 0 Å². The highest BCUT2D eigenvalue weighted by Gasteiger charge is 2.17. The molecule has 0 aliphatic heterocycles. The second-order valence-electron chi connectivity index (χ2n) is 6.23. The first kappa shape index (κ1) is 15.0. The van der Waals surface area contributed by atoms with Crippen LogP contribution in [0.2, 0.25) is 0 Å². The standard InChI is InChI=1S/C16H24N2O2/c1-16(2,3)11-7-8-14-13(10-11)18-15(20-14)12(17)6-5-9-19-4/h7-8,10,12H,5-6,9,17H2,1-4H3. The van der Waals surface area contributed by atoms with Gasteiger partial charge in [-0.1, -0.05) is 26.8 Å². The first-order valence-corrected chi connectivity index (χ1v) is 7.07. The molecule has 1 aromatic heterocycles. The Balaban J connectivity index is 2.20. The van der Waals surface area contributed by atoms with Gasteiger partial charge in [-0.05, 0) is 36.0 Å². The van der Waals surface area contributed by atoms with Gasteiger partial charge >= 0.3 is 0 Å². The Bertz CT molecular complexity index is 569. The quantitative estimate of drug-likeness (QED) is 0.848. The van der Waals surface area contributed by atoms with Gasteiger partial charge in [0.05, 0.1) is 6.04 Å². The van der Waals surface area contributed by atoms with E-state index in [1.807, 2.05) is 6.07 Å². The fourth-order valence-electron chi connectivity index (χ4n) is 2.14. The molecule has 0 spiro atoms. The van der Waals surface area contributed by atoms with Crippen LogP contribution in [0.25, 0.3) is 11.1 Å². The van der Waals surface area contributed by atoms with Gasteiger partial charge in [0.1, 0.15) is 5.52 Å². The monoisotopic (exact) mass is 276 g/mol. The van der Waals surface area contributed by atoms with Crippen LogP contribution in [-0.4, -0.2) is 18.7 Å². The summed E-state index contributed by atoms with van der Waals surface area (Å²) in [4.78, 5) is 4.53. The SMILES string of the molecule is COCCCC(N)c1nc2cc(C(C)(C)C)ccc2o1. The Hall–Kier alpha value is -1.39. The average Bonchev–Trinajstić information content (AvgIpc) is 2.80. The number of aromatic nitrogens is 1. The van der Waals surface area contributed by atoms with Crippen LogP contribution in [0.15, 0.2) is 22.6 Å². The first-order chi connectivity index (χ1) is 9.41. The lowest BCUT2D eigenvalue weighted by atomic mass is 9.87. The molecular formula is C16H24N2O2. The number of fused-ring (bicyclic) bond motifs is 1. The zero-order valence-electron chi connectivity index (χ0n) is 12.8. The highest BCUT2D eigenvalue weighted by atomic mass is 16.5. The van der Waals surface area contributed by atoms with E-state index in [0.29, 0.717) is 12.5 Å². The number of nitrogens with zero attached hydrogens (tertiary/aromatic N) is 1. The molecule has 0 bridgehead atoms. The minimum atomic E-state index is -0.171. The molecule has 0 saturated carbocycles. The molecular weight excluding hydrogens is 252 g/mol. The Labute approximate surface area is 120 Å². The number of nitrogens with two attached hydrogens (primary N) is 1. The largest absolute Gasteiger partial charge is 0.439 e. The van der Waals surface area contributed by atoms with E-state index in [0.717, 1.165) is 23.9 Å². The Kier molecular flexibility index (Phi) is 4.45. The van der Waals surface area contributed by atoms with Crippen molar-refractivity contribution in [1.82, 2.24) is 4.98 Å². The summed E-state index contributed by atoms with van der Waals surface area (Å²) < 4.78 is 10.8. The molecule has 1 unspecified atom stereocenters. The number of methoxy groups -OCH3 is 1. The van der Waals surface area contributed by atoms with Crippen molar-refractivity contribution in [2.75, 3.05) is 13.7 Å². The third kappa shape index (κ3) is 3.38. The summed E-state index contributed by atoms with van der Waals surface area (Å²) in [5.74, 6) is 0.613. The van der Waals surface area contributed by atoms with E-state index in [4.69, 9.17) is 14.9 Å². The molecule has 20 heavy (non-hydrogen) atoms. The second kappa shape index (κ2) is 5.94. The maximum absolute atomic E-state index is 6.11. The third-order valence-electron chi connectivity index (χ3n) is 3.45. The van der Waals surface area contributed by atoms with Crippen molar-refractivity contribution >= 4 is 11.1 Å². The van der Waals surface area contributed by atoms with Crippen LogP contribution >= 0.6 is 0 Å². The Morgan fingerprint density at radius 2 is 2.10 bits per heavy atom. The lowest BCUT2D eigenvalue weighted by Gasteiger charge is -2.18. The topological polar surface area (TPSA) is 61.3 Å². The van der Waals surface area contributed by atoms with Gasteiger partial charge in [0, 0.05) is 13.7 Å². The average molecular weight is 276 g/mol. The van der Waals surface area contributed by atoms with E-state index in [1.165, 1.54) is 5.56 Å². The van der Waals surface area contributed by atoms with Crippen molar-refractivity contribution in [3.8, 4) is 0 Å². The molecule has 1 aromatic carbocycles. The molecule has 0 fully saturated rings. The van der Waals surface area contributed by atoms with Crippen LogP contribution in [0.1, 0.15) is 51.1 Å². The first-order valence-electron chi connectivity index (χ1n) is 7.07. The van der Waals surface area contributed by atoms with E-state index in [9.17, 15) is 0 Å². The fraction of sp³-hybridized carbons (Fsp3) is 0.562. The molecule has 0 amide bonds. The lowest BCUT2D eigenvalue weighted by molar-refractivity contribution is 0.189. The summed E-state index contributed by atoms with van der Waals surface area (Å²) in [6.07, 6.45) is 1.72. The minimum Gasteiger partial charge on any atom is -0.439 e. The summed E-state index contributed by atoms with van der Waals surface area (Å²) in [5, 5.41) is 0. The van der Waals surface area contributed by atoms with Crippen LogP contribution in [0, 0.1) is 0 Å². The summed E-state index contributed by atoms with van der Waals surface area (Å²) in [7, 11) is 1.69. The summed E-state index contributed by atoms with van der Waals surface area (Å²) in [6.45, 7) is 7.27. The predicted octanol–water partition coefficient (Wildman–Crippen LogP) is 3.55. The number of ether oxygens (including phenoxy) is 1. The van der Waals surface area contributed by atoms with Gasteiger partial charge in [-0.3, -0.25) is 0 Å². The van der Waals surface area contributed by atoms with Gasteiger partial charge < -0.3 is 14.9 Å². The molecule has 4 nitrogen and oxygen atoms in total. The van der Waals surface area contributed by atoms with E-state index in [1.54, 1.807) is 7.11 Å². The molecule has 0 aliphatic rings. The molecule has 2 aromatic rings. The van der Waals surface area contributed by atoms with Gasteiger partial charge in [0.2, 0.25) is 5.89 Å². The maximum atomic E-state index is 6.11. The van der Waals surface area contributed by atoms with Gasteiger partial charge in [-0.2, -0.15) is 0 Å². The molecule has 4 heteroatoms. The second-order valence-corrected chi connectivity index (χ2v) is 6.23. The van der Waals surface area contributed by atoms with Crippen molar-refractivity contribution < 1.29 is 9.15 Å². The molecule has 110 valence electrons. The molecule has 0 radical (unpaired) electrons. The molecule has 1 heterocycles. The van der Waals surface area contributed by atoms with Crippen LogP contribution in [0.4, 0.5) is 0 Å². The van der Waals surface area contributed by atoms with Crippen LogP contribution in [0.3, 0.4) is 0 Å². The number of benzene rings is 1. The van der Waals surface area contributed by atoms with Gasteiger partial charge in [-0.15, -0.1) is 0 Å². The minimum absolute atomic E-state index is 0.105. The predicted molar refractivity (Wildman–Crippen MR) is 80.7 cm³/mol. The van der Waals surface area contributed by atoms with E-state index in [-0.39, 0.29) is 11.5 Å². The fourth-order valence-corrected chi connectivity index (χ4v) is 2.14. The van der Waals surface area contributed by atoms with E-state index in [2.05, 4.69) is 37.9 Å². The van der Waals surface area contributed by atoms with Crippen LogP contribution in [-0.2, 0) is 10.2 Å². The number of rotatable bonds is 5. The Morgan fingerprint density at radius 3 is 2.75 bits per heavy atom. The van der Waals surface area contributed by atoms with Gasteiger partial charge in [0.15, 0.2) is 5.58 Å². The molecule has 2 N–H and O–H groups in total. The van der Waals surface area contributed by atoms with Gasteiger partial charge in [-0.25, -0.2) is 4.98 Å². The summed E-state index contributed by atoms with van der Waals surface area (Å²) >= 11 is 0. The zero-order chi connectivity index (χ0) is 14.8. The summed E-state index contributed by atoms with van der Waals surface area (Å²) in [5.41, 5.74) is 9.15. The number of hydrogen-bond acceptors (Lipinski definition) is 4. The third-order valence-corrected chi connectivity index (χ3v) is 3.45. The van der Waals surface area contributed by atoms with Crippen LogP contribution < -0.4 is 5.73 Å². The van der Waals surface area contributed by atoms with Crippen molar-refractivity contribution in [3.05, 3.63) is 29.7 Å². The molecule has 1 atom stereocenters. The van der Waals surface area contributed by atoms with Crippen molar-refractivity contribution in [3.63, 3.8) is 0 Å². The molecule has 0 aliphatic carbocycles. The van der Waals surface area contributed by atoms with Crippen molar-refractivity contribution in [2.24, 2.45) is 5.73 Å². The maximum Gasteiger partial charge on any atom is 0.212 e. The van der Waals surface area contributed by atoms with E-state index < -0.39 is 0 Å². The number of oxazole rings is 1. The highest BCUT2D eigenvalue weighted by molar-refractivity contribution is 5.73. The van der Waals surface area contributed by atoms with Crippen LogP contribution in [0.5, 0.6) is 0 Å². The Morgan fingerprint density at radius 1 is 1.35 bits per heavy atom. The normalized spacial score (nSPS) is 13.8.